The van der Waals surface area contributed by atoms with Gasteiger partial charge in [-0.3, -0.25) is 0 Å². The highest BCUT2D eigenvalue weighted by molar-refractivity contribution is 7.89. The molecule has 7 nitrogen and oxygen atoms in total. The van der Waals surface area contributed by atoms with E-state index in [4.69, 9.17) is 4.74 Å². The van der Waals surface area contributed by atoms with E-state index in [1.54, 1.807) is 17.1 Å². The molecule has 0 saturated carbocycles. The first-order valence-corrected chi connectivity index (χ1v) is 8.16. The van der Waals surface area contributed by atoms with Gasteiger partial charge in [-0.05, 0) is 18.6 Å². The van der Waals surface area contributed by atoms with Gasteiger partial charge in [0.05, 0.1) is 18.9 Å². The molecule has 2 N–H and O–H groups in total. The number of rotatable bonds is 6. The topological polar surface area (TPSA) is 83.6 Å². The van der Waals surface area contributed by atoms with E-state index in [2.05, 4.69) is 15.1 Å². The van der Waals surface area contributed by atoms with Gasteiger partial charge in [0.1, 0.15) is 0 Å². The zero-order valence-corrected chi connectivity index (χ0v) is 12.3. The zero-order chi connectivity index (χ0) is 14.4. The van der Waals surface area contributed by atoms with Crippen molar-refractivity contribution in [2.45, 2.75) is 18.4 Å². The molecule has 0 spiro atoms. The van der Waals surface area contributed by atoms with Gasteiger partial charge in [-0.2, -0.15) is 0 Å². The van der Waals surface area contributed by atoms with Crippen molar-refractivity contribution < 1.29 is 13.2 Å². The number of hydrazine groups is 1. The number of morpholine rings is 1. The van der Waals surface area contributed by atoms with Crippen molar-refractivity contribution in [3.05, 3.63) is 18.3 Å². The number of pyridine rings is 1. The van der Waals surface area contributed by atoms with Crippen molar-refractivity contribution in [1.82, 2.24) is 14.8 Å². The third kappa shape index (κ3) is 3.89. The summed E-state index contributed by atoms with van der Waals surface area (Å²) in [6.07, 6.45) is 2.39. The van der Waals surface area contributed by atoms with Crippen LogP contribution >= 0.6 is 0 Å². The van der Waals surface area contributed by atoms with Crippen molar-refractivity contribution in [3.63, 3.8) is 0 Å². The maximum absolute atomic E-state index is 12.4. The Balaban J connectivity index is 2.15. The number of anilines is 1. The van der Waals surface area contributed by atoms with E-state index in [0.717, 1.165) is 6.42 Å². The Morgan fingerprint density at radius 1 is 1.40 bits per heavy atom. The number of hydrogen-bond acceptors (Lipinski definition) is 6. The lowest BCUT2D eigenvalue weighted by atomic mass is 10.4. The van der Waals surface area contributed by atoms with Crippen LogP contribution in [0, 0.1) is 0 Å². The fourth-order valence-corrected chi connectivity index (χ4v) is 3.11. The van der Waals surface area contributed by atoms with Gasteiger partial charge in [-0.15, -0.1) is 4.83 Å². The molecule has 0 aliphatic carbocycles. The normalized spacial score (nSPS) is 17.1. The molecule has 1 aliphatic heterocycles. The minimum atomic E-state index is -3.67. The van der Waals surface area contributed by atoms with Crippen molar-refractivity contribution in [1.29, 1.82) is 0 Å². The van der Waals surface area contributed by atoms with E-state index in [1.807, 2.05) is 6.92 Å². The van der Waals surface area contributed by atoms with Crippen LogP contribution < -0.4 is 10.1 Å². The molecule has 8 heteroatoms. The third-order valence-electron chi connectivity index (χ3n) is 2.85. The summed E-state index contributed by atoms with van der Waals surface area (Å²) < 4.78 is 30.0. The lowest BCUT2D eigenvalue weighted by molar-refractivity contribution is 0.0272. The minimum absolute atomic E-state index is 0.0277. The van der Waals surface area contributed by atoms with E-state index in [9.17, 15) is 8.42 Å². The van der Waals surface area contributed by atoms with Crippen LogP contribution in [0.3, 0.4) is 0 Å². The third-order valence-corrected chi connectivity index (χ3v) is 4.18. The summed E-state index contributed by atoms with van der Waals surface area (Å²) in [7, 11) is -3.67. The fourth-order valence-electron chi connectivity index (χ4n) is 1.87. The average molecular weight is 300 g/mol. The van der Waals surface area contributed by atoms with Crippen LogP contribution in [-0.2, 0) is 14.8 Å². The van der Waals surface area contributed by atoms with Crippen LogP contribution in [0.4, 0.5) is 5.69 Å². The number of aromatic nitrogens is 1. The van der Waals surface area contributed by atoms with Crippen molar-refractivity contribution in [2.75, 3.05) is 38.2 Å². The summed E-state index contributed by atoms with van der Waals surface area (Å²) in [6, 6.07) is 3.43. The number of hydrogen-bond donors (Lipinski definition) is 2. The highest BCUT2D eigenvalue weighted by Gasteiger charge is 2.24. The summed E-state index contributed by atoms with van der Waals surface area (Å²) in [6.45, 7) is 4.82. The number of ether oxygens (including phenoxy) is 1. The van der Waals surface area contributed by atoms with Crippen molar-refractivity contribution in [2.24, 2.45) is 0 Å². The highest BCUT2D eigenvalue weighted by atomic mass is 32.2. The largest absolute Gasteiger partial charge is 0.383 e. The Morgan fingerprint density at radius 2 is 2.15 bits per heavy atom. The molecule has 0 radical (unpaired) electrons. The molecule has 20 heavy (non-hydrogen) atoms. The Kier molecular flexibility index (Phi) is 5.30. The Labute approximate surface area is 119 Å². The van der Waals surface area contributed by atoms with Crippen molar-refractivity contribution in [3.8, 4) is 0 Å². The zero-order valence-electron chi connectivity index (χ0n) is 11.5. The minimum Gasteiger partial charge on any atom is -0.383 e. The Morgan fingerprint density at radius 3 is 2.85 bits per heavy atom. The molecular formula is C12H20N4O3S. The maximum atomic E-state index is 12.4. The van der Waals surface area contributed by atoms with Gasteiger partial charge in [-0.25, -0.2) is 18.4 Å². The summed E-state index contributed by atoms with van der Waals surface area (Å²) in [5.41, 5.74) is 0.523. The molecule has 2 rings (SSSR count). The van der Waals surface area contributed by atoms with Crippen LogP contribution in [0.1, 0.15) is 13.3 Å². The first-order chi connectivity index (χ1) is 9.63. The van der Waals surface area contributed by atoms with Gasteiger partial charge in [0.15, 0.2) is 5.03 Å². The van der Waals surface area contributed by atoms with Gasteiger partial charge in [0.2, 0.25) is 0 Å². The van der Waals surface area contributed by atoms with E-state index < -0.39 is 10.0 Å². The molecule has 1 aromatic heterocycles. The average Bonchev–Trinajstić information content (AvgIpc) is 2.46. The predicted molar refractivity (Wildman–Crippen MR) is 75.7 cm³/mol. The molecule has 1 saturated heterocycles. The van der Waals surface area contributed by atoms with Crippen LogP contribution in [0.2, 0.25) is 0 Å². The molecule has 0 atom stereocenters. The number of sulfonamides is 1. The van der Waals surface area contributed by atoms with Gasteiger partial charge < -0.3 is 10.1 Å². The van der Waals surface area contributed by atoms with E-state index >= 15 is 0 Å². The second-order valence-electron chi connectivity index (χ2n) is 4.48. The molecule has 1 aromatic rings. The highest BCUT2D eigenvalue weighted by Crippen LogP contribution is 2.18. The van der Waals surface area contributed by atoms with Crippen LogP contribution in [-0.4, -0.2) is 51.3 Å². The predicted octanol–water partition coefficient (Wildman–Crippen LogP) is 0.429. The molecule has 112 valence electrons. The SMILES string of the molecule is CCCNc1cccnc1S(=O)(=O)NN1CCOCC1. The summed E-state index contributed by atoms with van der Waals surface area (Å²) in [5, 5.41) is 4.75. The standard InChI is InChI=1S/C12H20N4O3S/c1-2-5-13-11-4-3-6-14-12(11)20(17,18)15-16-7-9-19-10-8-16/h3-4,6,13,15H,2,5,7-10H2,1H3. The van der Waals surface area contributed by atoms with Gasteiger partial charge in [0.25, 0.3) is 10.0 Å². The number of nitrogens with zero attached hydrogens (tertiary/aromatic N) is 2. The monoisotopic (exact) mass is 300 g/mol. The van der Waals surface area contributed by atoms with E-state index in [-0.39, 0.29) is 5.03 Å². The summed E-state index contributed by atoms with van der Waals surface area (Å²) in [5.74, 6) is 0. The Hall–Kier alpha value is -1.22. The van der Waals surface area contributed by atoms with Crippen LogP contribution in [0.25, 0.3) is 0 Å². The fraction of sp³-hybridized carbons (Fsp3) is 0.583. The molecule has 0 amide bonds. The van der Waals surface area contributed by atoms with E-state index in [0.29, 0.717) is 38.5 Å². The molecule has 0 unspecified atom stereocenters. The van der Waals surface area contributed by atoms with Crippen LogP contribution in [0.5, 0.6) is 0 Å². The Bertz CT molecular complexity index is 529. The molecule has 1 fully saturated rings. The second-order valence-corrected chi connectivity index (χ2v) is 6.05. The van der Waals surface area contributed by atoms with Gasteiger partial charge in [-0.1, -0.05) is 6.92 Å². The van der Waals surface area contributed by atoms with E-state index in [1.165, 1.54) is 6.20 Å². The lowest BCUT2D eigenvalue weighted by Crippen LogP contribution is -2.48. The summed E-state index contributed by atoms with van der Waals surface area (Å²) in [4.78, 5) is 6.55. The summed E-state index contributed by atoms with van der Waals surface area (Å²) >= 11 is 0. The lowest BCUT2D eigenvalue weighted by Gasteiger charge is -2.26. The quantitative estimate of drug-likeness (QED) is 0.792. The first-order valence-electron chi connectivity index (χ1n) is 6.67. The van der Waals surface area contributed by atoms with Gasteiger partial charge in [0, 0.05) is 25.8 Å². The van der Waals surface area contributed by atoms with Crippen molar-refractivity contribution >= 4 is 15.7 Å². The molecule has 0 aromatic carbocycles. The second kappa shape index (κ2) is 6.98. The first kappa shape index (κ1) is 15.2. The maximum Gasteiger partial charge on any atom is 0.273 e. The molecule has 1 aliphatic rings. The smallest absolute Gasteiger partial charge is 0.273 e. The van der Waals surface area contributed by atoms with Gasteiger partial charge >= 0.3 is 0 Å². The molecule has 2 heterocycles. The molecular weight excluding hydrogens is 280 g/mol. The number of nitrogens with one attached hydrogen (secondary N) is 2. The molecule has 0 bridgehead atoms. The van der Waals surface area contributed by atoms with Crippen LogP contribution in [0.15, 0.2) is 23.4 Å².